The van der Waals surface area contributed by atoms with E-state index in [4.69, 9.17) is 37.0 Å². The molecule has 17 nitrogen and oxygen atoms in total. The molecule has 0 aromatic heterocycles. The van der Waals surface area contributed by atoms with Gasteiger partial charge in [-0.1, -0.05) is 383 Å². The molecule has 8 atom stereocenters. The van der Waals surface area contributed by atoms with Gasteiger partial charge in [-0.2, -0.15) is 0 Å². The van der Waals surface area contributed by atoms with E-state index in [2.05, 4.69) is 55.4 Å². The summed E-state index contributed by atoms with van der Waals surface area (Å²) in [5.74, 6) is 1.11. The Morgan fingerprint density at radius 3 is 0.689 bits per heavy atom. The summed E-state index contributed by atoms with van der Waals surface area (Å²) in [5, 5.41) is 10.7. The van der Waals surface area contributed by atoms with Crippen LogP contribution >= 0.6 is 15.6 Å². The lowest BCUT2D eigenvalue weighted by atomic mass is 9.99. The SMILES string of the molecule is CCC(C)CCCCCCCCCCCCCCCCC(=O)OC[C@H](COP(=O)(O)OC[C@@H](O)COP(=O)(O)OC[C@@H](COC(=O)CCCCCCCCC(C)C)OC(=O)CCCCCCCCCCCCCCCCC(C)CC)OC(=O)CCCCCCCCCCCCCCCCC(C)CC. The molecule has 0 aliphatic carbocycles. The zero-order valence-corrected chi connectivity index (χ0v) is 69.7. The predicted molar refractivity (Wildman–Crippen MR) is 423 cm³/mol. The third-order valence-electron chi connectivity index (χ3n) is 20.7. The Hall–Kier alpha value is -1.94. The van der Waals surface area contributed by atoms with Gasteiger partial charge < -0.3 is 33.8 Å². The van der Waals surface area contributed by atoms with Crippen molar-refractivity contribution >= 4 is 39.5 Å². The maximum Gasteiger partial charge on any atom is 0.472 e. The third kappa shape index (κ3) is 74.0. The molecule has 0 aromatic carbocycles. The van der Waals surface area contributed by atoms with Crippen LogP contribution in [0.4, 0.5) is 0 Å². The van der Waals surface area contributed by atoms with Crippen molar-refractivity contribution < 1.29 is 80.2 Å². The number of aliphatic hydroxyl groups excluding tert-OH is 1. The van der Waals surface area contributed by atoms with Gasteiger partial charge in [-0.05, 0) is 49.4 Å². The lowest BCUT2D eigenvalue weighted by molar-refractivity contribution is -0.161. The fourth-order valence-corrected chi connectivity index (χ4v) is 14.4. The second kappa shape index (κ2) is 72.9. The molecule has 19 heteroatoms. The maximum atomic E-state index is 13.1. The first-order valence-electron chi connectivity index (χ1n) is 43.3. The molecule has 0 heterocycles. The number of esters is 4. The Morgan fingerprint density at radius 1 is 0.272 bits per heavy atom. The first-order valence-corrected chi connectivity index (χ1v) is 46.3. The fraction of sp³-hybridized carbons (Fsp3) is 0.952. The van der Waals surface area contributed by atoms with Crippen molar-refractivity contribution in [2.24, 2.45) is 23.7 Å². The number of hydrogen-bond donors (Lipinski definition) is 3. The summed E-state index contributed by atoms with van der Waals surface area (Å²) in [6.07, 6.45) is 61.0. The van der Waals surface area contributed by atoms with Crippen molar-refractivity contribution in [1.29, 1.82) is 0 Å². The molecule has 0 rings (SSSR count). The van der Waals surface area contributed by atoms with E-state index in [0.717, 1.165) is 114 Å². The zero-order chi connectivity index (χ0) is 76.0. The van der Waals surface area contributed by atoms with Crippen LogP contribution in [0.1, 0.15) is 434 Å². The van der Waals surface area contributed by atoms with Crippen LogP contribution in [-0.2, 0) is 65.4 Å². The van der Waals surface area contributed by atoms with Gasteiger partial charge in [0, 0.05) is 25.7 Å². The monoisotopic (exact) mass is 1510 g/mol. The van der Waals surface area contributed by atoms with Gasteiger partial charge in [-0.25, -0.2) is 9.13 Å². The second-order valence-electron chi connectivity index (χ2n) is 31.4. The van der Waals surface area contributed by atoms with Gasteiger partial charge in [0.05, 0.1) is 26.4 Å². The Balaban J connectivity index is 5.23. The number of unbranched alkanes of at least 4 members (excludes halogenated alkanes) is 44. The van der Waals surface area contributed by atoms with Gasteiger partial charge in [0.1, 0.15) is 19.3 Å². The number of carbonyl (C=O) groups is 4. The Kier molecular flexibility index (Phi) is 71.5. The van der Waals surface area contributed by atoms with Crippen LogP contribution in [0, 0.1) is 23.7 Å². The summed E-state index contributed by atoms with van der Waals surface area (Å²) in [5.41, 5.74) is 0. The Labute approximate surface area is 632 Å². The normalized spacial score (nSPS) is 14.8. The number of aliphatic hydroxyl groups is 1. The molecule has 0 aliphatic heterocycles. The number of ether oxygens (including phenoxy) is 4. The Morgan fingerprint density at radius 2 is 0.466 bits per heavy atom. The summed E-state index contributed by atoms with van der Waals surface area (Å²) in [6, 6.07) is 0. The van der Waals surface area contributed by atoms with E-state index in [1.54, 1.807) is 0 Å². The van der Waals surface area contributed by atoms with E-state index in [-0.39, 0.29) is 25.7 Å². The molecule has 0 aliphatic rings. The smallest absolute Gasteiger partial charge is 0.462 e. The molecule has 0 bridgehead atoms. The molecule has 0 saturated carbocycles. The summed E-state index contributed by atoms with van der Waals surface area (Å²) in [7, 11) is -9.93. The highest BCUT2D eigenvalue weighted by Gasteiger charge is 2.30. The molecule has 0 fully saturated rings. The van der Waals surface area contributed by atoms with Crippen molar-refractivity contribution in [1.82, 2.24) is 0 Å². The molecule has 612 valence electrons. The van der Waals surface area contributed by atoms with E-state index in [1.165, 1.54) is 231 Å². The lowest BCUT2D eigenvalue weighted by Crippen LogP contribution is -2.30. The predicted octanol–water partition coefficient (Wildman–Crippen LogP) is 25.2. The van der Waals surface area contributed by atoms with E-state index >= 15 is 0 Å². The largest absolute Gasteiger partial charge is 0.472 e. The highest BCUT2D eigenvalue weighted by molar-refractivity contribution is 7.47. The van der Waals surface area contributed by atoms with Gasteiger partial charge >= 0.3 is 39.5 Å². The van der Waals surface area contributed by atoms with Crippen LogP contribution in [0.25, 0.3) is 0 Å². The second-order valence-corrected chi connectivity index (χ2v) is 34.3. The third-order valence-corrected chi connectivity index (χ3v) is 22.6. The number of phosphoric acid groups is 2. The van der Waals surface area contributed by atoms with Crippen molar-refractivity contribution in [3.05, 3.63) is 0 Å². The minimum Gasteiger partial charge on any atom is -0.462 e. The first-order chi connectivity index (χ1) is 49.7. The molecule has 5 unspecified atom stereocenters. The van der Waals surface area contributed by atoms with E-state index in [0.29, 0.717) is 31.6 Å². The lowest BCUT2D eigenvalue weighted by Gasteiger charge is -2.21. The van der Waals surface area contributed by atoms with Gasteiger partial charge in [-0.15, -0.1) is 0 Å². The molecule has 0 amide bonds. The fourth-order valence-electron chi connectivity index (χ4n) is 12.9. The molecule has 0 spiro atoms. The minimum absolute atomic E-state index is 0.106. The van der Waals surface area contributed by atoms with Crippen molar-refractivity contribution in [2.75, 3.05) is 39.6 Å². The van der Waals surface area contributed by atoms with Gasteiger partial charge in [0.25, 0.3) is 0 Å². The van der Waals surface area contributed by atoms with E-state index < -0.39 is 97.5 Å². The number of phosphoric ester groups is 2. The van der Waals surface area contributed by atoms with E-state index in [9.17, 15) is 43.2 Å². The quantitative estimate of drug-likeness (QED) is 0.0222. The molecule has 0 radical (unpaired) electrons. The van der Waals surface area contributed by atoms with Gasteiger partial charge in [0.2, 0.25) is 0 Å². The first kappa shape index (κ1) is 101. The van der Waals surface area contributed by atoms with Crippen LogP contribution in [0.3, 0.4) is 0 Å². The van der Waals surface area contributed by atoms with Crippen molar-refractivity contribution in [3.63, 3.8) is 0 Å². The van der Waals surface area contributed by atoms with Crippen LogP contribution in [0.15, 0.2) is 0 Å². The molecular weight excluding hydrogens is 1340 g/mol. The molecular formula is C84H164O17P2. The standard InChI is InChI=1S/C84H164O17P2/c1-9-75(6)61-53-45-36-30-24-18-12-15-21-27-33-39-48-56-64-81(86)94-70-79(100-83(88)66-58-50-40-34-28-22-16-13-19-25-31-37-46-54-62-76(7)10-2)72-98-102(90,91)96-68-78(85)69-97-103(92,93)99-73-80(71-95-82(87)65-57-49-43-42-44-52-60-74(4)5)101-84(89)67-59-51-41-35-29-23-17-14-20-26-32-38-47-55-63-77(8)11-3/h74-80,85H,9-73H2,1-8H3,(H,90,91)(H,92,93)/t75?,76?,77?,78-,79-,80-/m1/s1. The summed E-state index contributed by atoms with van der Waals surface area (Å²) in [4.78, 5) is 73.1. The maximum absolute atomic E-state index is 13.1. The average molecular weight is 1510 g/mol. The summed E-state index contributed by atoms with van der Waals surface area (Å²) >= 11 is 0. The Bertz CT molecular complexity index is 2010. The highest BCUT2D eigenvalue weighted by atomic mass is 31.2. The number of hydrogen-bond acceptors (Lipinski definition) is 15. The molecule has 0 aromatic rings. The van der Waals surface area contributed by atoms with Crippen molar-refractivity contribution in [3.8, 4) is 0 Å². The highest BCUT2D eigenvalue weighted by Crippen LogP contribution is 2.45. The van der Waals surface area contributed by atoms with Gasteiger partial charge in [0.15, 0.2) is 12.2 Å². The minimum atomic E-state index is -4.97. The van der Waals surface area contributed by atoms with Crippen LogP contribution < -0.4 is 0 Å². The molecule has 103 heavy (non-hydrogen) atoms. The van der Waals surface area contributed by atoms with Gasteiger partial charge in [-0.3, -0.25) is 37.3 Å². The summed E-state index contributed by atoms with van der Waals surface area (Å²) in [6.45, 7) is 14.3. The van der Waals surface area contributed by atoms with Crippen LogP contribution in [0.5, 0.6) is 0 Å². The van der Waals surface area contributed by atoms with E-state index in [1.807, 2.05) is 0 Å². The molecule has 3 N–H and O–H groups in total. The van der Waals surface area contributed by atoms with Crippen LogP contribution in [-0.4, -0.2) is 96.7 Å². The van der Waals surface area contributed by atoms with Crippen LogP contribution in [0.2, 0.25) is 0 Å². The topological polar surface area (TPSA) is 237 Å². The average Bonchev–Trinajstić information content (AvgIpc) is 0.966. The zero-order valence-electron chi connectivity index (χ0n) is 68.0. The number of carbonyl (C=O) groups excluding carboxylic acids is 4. The van der Waals surface area contributed by atoms with Crippen molar-refractivity contribution in [2.45, 2.75) is 453 Å². The summed E-state index contributed by atoms with van der Waals surface area (Å²) < 4.78 is 68.8. The molecule has 0 saturated heterocycles. The number of rotatable bonds is 81.